The Morgan fingerprint density at radius 2 is 1.85 bits per heavy atom. The van der Waals surface area contributed by atoms with E-state index >= 15 is 0 Å². The Labute approximate surface area is 119 Å². The lowest BCUT2D eigenvalue weighted by molar-refractivity contribution is -0.152. The molecule has 106 valence electrons. The van der Waals surface area contributed by atoms with Crippen LogP contribution in [0.1, 0.15) is 36.8 Å². The van der Waals surface area contributed by atoms with Gasteiger partial charge in [-0.3, -0.25) is 9.59 Å². The summed E-state index contributed by atoms with van der Waals surface area (Å²) in [7, 11) is 1.37. The van der Waals surface area contributed by atoms with Gasteiger partial charge in [-0.1, -0.05) is 37.1 Å². The Morgan fingerprint density at radius 3 is 2.45 bits per heavy atom. The van der Waals surface area contributed by atoms with E-state index in [-0.39, 0.29) is 17.2 Å². The van der Waals surface area contributed by atoms with Gasteiger partial charge in [-0.15, -0.1) is 0 Å². The molecule has 1 unspecified atom stereocenters. The maximum atomic E-state index is 12.9. The van der Waals surface area contributed by atoms with E-state index in [1.54, 1.807) is 0 Å². The van der Waals surface area contributed by atoms with Crippen molar-refractivity contribution < 1.29 is 14.3 Å². The van der Waals surface area contributed by atoms with Crippen molar-refractivity contribution in [3.8, 4) is 0 Å². The fraction of sp³-hybridized carbons (Fsp3) is 0.529. The number of ketones is 1. The van der Waals surface area contributed by atoms with E-state index in [1.807, 2.05) is 12.1 Å². The van der Waals surface area contributed by atoms with Crippen LogP contribution in [0.2, 0.25) is 0 Å². The lowest BCUT2D eigenvalue weighted by Crippen LogP contribution is -2.39. The number of hydrogen-bond donors (Lipinski definition) is 0. The predicted molar refractivity (Wildman–Crippen MR) is 75.3 cm³/mol. The molecular formula is C17H20O3. The molecule has 1 fully saturated rings. The van der Waals surface area contributed by atoms with E-state index in [1.165, 1.54) is 18.2 Å². The molecule has 3 nitrogen and oxygen atoms in total. The molecule has 1 saturated carbocycles. The number of fused-ring (bicyclic) bond motifs is 1. The van der Waals surface area contributed by atoms with E-state index in [9.17, 15) is 9.59 Å². The molecule has 1 aromatic rings. The van der Waals surface area contributed by atoms with Gasteiger partial charge in [0.05, 0.1) is 7.11 Å². The van der Waals surface area contributed by atoms with Crippen molar-refractivity contribution in [2.75, 3.05) is 7.11 Å². The summed E-state index contributed by atoms with van der Waals surface area (Å²) in [6.45, 7) is 0. The van der Waals surface area contributed by atoms with Crippen molar-refractivity contribution in [3.63, 3.8) is 0 Å². The minimum atomic E-state index is -0.559. The smallest absolute Gasteiger partial charge is 0.316 e. The highest BCUT2D eigenvalue weighted by Gasteiger charge is 2.48. The van der Waals surface area contributed by atoms with E-state index < -0.39 is 5.92 Å². The summed E-state index contributed by atoms with van der Waals surface area (Å²) in [6.07, 6.45) is 5.07. The molecule has 3 heteroatoms. The van der Waals surface area contributed by atoms with Gasteiger partial charge in [-0.25, -0.2) is 0 Å². The van der Waals surface area contributed by atoms with Crippen LogP contribution in [-0.4, -0.2) is 18.9 Å². The zero-order valence-corrected chi connectivity index (χ0v) is 11.9. The monoisotopic (exact) mass is 272 g/mol. The summed E-state index contributed by atoms with van der Waals surface area (Å²) in [5.41, 5.74) is 2.18. The number of esters is 1. The molecule has 0 amide bonds. The van der Waals surface area contributed by atoms with Crippen LogP contribution in [0.4, 0.5) is 0 Å². The first-order chi connectivity index (χ1) is 9.66. The number of Topliss-reactive ketones (excluding diaryl/α,β-unsaturated/α-hetero) is 1. The van der Waals surface area contributed by atoms with Crippen LogP contribution in [-0.2, 0) is 27.2 Å². The average molecular weight is 272 g/mol. The van der Waals surface area contributed by atoms with E-state index in [2.05, 4.69) is 12.1 Å². The second-order valence-corrected chi connectivity index (χ2v) is 6.09. The van der Waals surface area contributed by atoms with Crippen LogP contribution in [0.3, 0.4) is 0 Å². The summed E-state index contributed by atoms with van der Waals surface area (Å²) in [5, 5.41) is 0. The highest BCUT2D eigenvalue weighted by Crippen LogP contribution is 2.45. The number of carbonyl (C=O) groups is 2. The largest absolute Gasteiger partial charge is 0.468 e. The van der Waals surface area contributed by atoms with Crippen LogP contribution in [0.25, 0.3) is 0 Å². The van der Waals surface area contributed by atoms with Gasteiger partial charge in [0.25, 0.3) is 0 Å². The van der Waals surface area contributed by atoms with Crippen molar-refractivity contribution in [1.29, 1.82) is 0 Å². The van der Waals surface area contributed by atoms with Crippen molar-refractivity contribution >= 4 is 11.8 Å². The Balaban J connectivity index is 1.93. The quantitative estimate of drug-likeness (QED) is 0.583. The fourth-order valence-corrected chi connectivity index (χ4v) is 3.85. The maximum Gasteiger partial charge on any atom is 0.316 e. The number of hydrogen-bond acceptors (Lipinski definition) is 3. The third-order valence-corrected chi connectivity index (χ3v) is 4.90. The summed E-state index contributed by atoms with van der Waals surface area (Å²) in [5.74, 6) is -0.804. The van der Waals surface area contributed by atoms with Crippen LogP contribution in [0, 0.1) is 11.3 Å². The first-order valence-corrected chi connectivity index (χ1v) is 7.35. The summed E-state index contributed by atoms with van der Waals surface area (Å²) in [6, 6.07) is 8.26. The molecule has 1 atom stereocenters. The fourth-order valence-electron chi connectivity index (χ4n) is 3.85. The second-order valence-electron chi connectivity index (χ2n) is 6.09. The normalized spacial score (nSPS) is 24.2. The van der Waals surface area contributed by atoms with Gasteiger partial charge in [0.2, 0.25) is 0 Å². The summed E-state index contributed by atoms with van der Waals surface area (Å²) in [4.78, 5) is 24.8. The highest BCUT2D eigenvalue weighted by molar-refractivity contribution is 6.02. The number of methoxy groups -OCH3 is 1. The molecule has 0 heterocycles. The molecular weight excluding hydrogens is 252 g/mol. The molecule has 0 N–H and O–H groups in total. The average Bonchev–Trinajstić information content (AvgIpc) is 2.77. The van der Waals surface area contributed by atoms with Gasteiger partial charge in [0, 0.05) is 5.41 Å². The number of carbonyl (C=O) groups excluding carboxylic acids is 2. The topological polar surface area (TPSA) is 43.4 Å². The lowest BCUT2D eigenvalue weighted by Gasteiger charge is -2.28. The first-order valence-electron chi connectivity index (χ1n) is 7.35. The zero-order valence-electron chi connectivity index (χ0n) is 11.9. The summed E-state index contributed by atoms with van der Waals surface area (Å²) < 4.78 is 4.84. The Bertz CT molecular complexity index is 522. The van der Waals surface area contributed by atoms with Gasteiger partial charge in [-0.05, 0) is 36.8 Å². The Kier molecular flexibility index (Phi) is 3.36. The molecule has 2 aliphatic rings. The summed E-state index contributed by atoms with van der Waals surface area (Å²) >= 11 is 0. The second kappa shape index (κ2) is 5.04. The Morgan fingerprint density at radius 1 is 1.20 bits per heavy atom. The van der Waals surface area contributed by atoms with E-state index in [0.717, 1.165) is 32.1 Å². The van der Waals surface area contributed by atoms with Crippen LogP contribution < -0.4 is 0 Å². The highest BCUT2D eigenvalue weighted by atomic mass is 16.5. The maximum absolute atomic E-state index is 12.9. The number of benzene rings is 1. The van der Waals surface area contributed by atoms with Crippen molar-refractivity contribution in [1.82, 2.24) is 0 Å². The van der Waals surface area contributed by atoms with Gasteiger partial charge >= 0.3 is 5.97 Å². The SMILES string of the molecule is COC(=O)C1CCCCC2(Cc3ccccc3C2)C1=O. The molecule has 1 aromatic carbocycles. The third kappa shape index (κ3) is 2.05. The first kappa shape index (κ1) is 13.3. The number of ether oxygens (including phenoxy) is 1. The predicted octanol–water partition coefficient (Wildman–Crippen LogP) is 2.70. The van der Waals surface area contributed by atoms with Crippen LogP contribution >= 0.6 is 0 Å². The van der Waals surface area contributed by atoms with E-state index in [0.29, 0.717) is 6.42 Å². The molecule has 0 aromatic heterocycles. The molecule has 0 aliphatic heterocycles. The molecule has 2 aliphatic carbocycles. The molecule has 0 bridgehead atoms. The van der Waals surface area contributed by atoms with E-state index in [4.69, 9.17) is 4.74 Å². The number of rotatable bonds is 1. The Hall–Kier alpha value is -1.64. The zero-order chi connectivity index (χ0) is 14.2. The minimum Gasteiger partial charge on any atom is -0.468 e. The van der Waals surface area contributed by atoms with Crippen molar-refractivity contribution in [2.45, 2.75) is 38.5 Å². The standard InChI is InChI=1S/C17H20O3/c1-20-16(19)14-8-4-5-9-17(15(14)18)10-12-6-2-3-7-13(12)11-17/h2-3,6-7,14H,4-5,8-11H2,1H3. The molecule has 20 heavy (non-hydrogen) atoms. The minimum absolute atomic E-state index is 0.109. The van der Waals surface area contributed by atoms with Crippen molar-refractivity contribution in [2.24, 2.45) is 11.3 Å². The van der Waals surface area contributed by atoms with Crippen LogP contribution in [0.15, 0.2) is 24.3 Å². The van der Waals surface area contributed by atoms with Crippen molar-refractivity contribution in [3.05, 3.63) is 35.4 Å². The van der Waals surface area contributed by atoms with Gasteiger partial charge in [0.1, 0.15) is 5.92 Å². The molecule has 0 radical (unpaired) electrons. The lowest BCUT2D eigenvalue weighted by atomic mass is 9.74. The molecule has 3 rings (SSSR count). The molecule has 1 spiro atoms. The van der Waals surface area contributed by atoms with Gasteiger partial charge in [-0.2, -0.15) is 0 Å². The van der Waals surface area contributed by atoms with Crippen LogP contribution in [0.5, 0.6) is 0 Å². The third-order valence-electron chi connectivity index (χ3n) is 4.90. The van der Waals surface area contributed by atoms with Gasteiger partial charge < -0.3 is 4.74 Å². The molecule has 0 saturated heterocycles. The van der Waals surface area contributed by atoms with Gasteiger partial charge in [0.15, 0.2) is 5.78 Å².